The maximum absolute atomic E-state index is 14.1. The van der Waals surface area contributed by atoms with Crippen molar-refractivity contribution in [2.75, 3.05) is 18.1 Å². The molecule has 0 radical (unpaired) electrons. The van der Waals surface area contributed by atoms with Crippen LogP contribution >= 0.6 is 34.5 Å². The van der Waals surface area contributed by atoms with Crippen molar-refractivity contribution in [3.8, 4) is 22.4 Å². The summed E-state index contributed by atoms with van der Waals surface area (Å²) in [5, 5.41) is 12.5. The summed E-state index contributed by atoms with van der Waals surface area (Å²) in [6, 6.07) is 9.43. The zero-order chi connectivity index (χ0) is 25.5. The van der Waals surface area contributed by atoms with Crippen LogP contribution < -0.4 is 5.01 Å². The minimum Gasteiger partial charge on any atom is -0.276 e. The Balaban J connectivity index is 1.30. The Morgan fingerprint density at radius 3 is 2.57 bits per heavy atom. The molecule has 2 aliphatic carbocycles. The number of thiophene rings is 1. The number of nitrogens with one attached hydrogen (secondary N) is 1. The fourth-order valence-electron chi connectivity index (χ4n) is 6.15. The summed E-state index contributed by atoms with van der Waals surface area (Å²) < 4.78 is 0. The third kappa shape index (κ3) is 4.95. The van der Waals surface area contributed by atoms with Crippen LogP contribution in [0.5, 0.6) is 0 Å². The smallest absolute Gasteiger partial charge is 0.276 e. The lowest BCUT2D eigenvalue weighted by Gasteiger charge is -2.32. The molecule has 2 aromatic heterocycles. The van der Waals surface area contributed by atoms with Gasteiger partial charge in [-0.05, 0) is 74.8 Å². The molecule has 192 valence electrons. The van der Waals surface area contributed by atoms with Gasteiger partial charge in [0.1, 0.15) is 0 Å². The van der Waals surface area contributed by atoms with E-state index < -0.39 is 0 Å². The number of carbonyl (C=O) groups excluding carboxylic acids is 1. The second kappa shape index (κ2) is 10.5. The van der Waals surface area contributed by atoms with Gasteiger partial charge in [0.2, 0.25) is 0 Å². The summed E-state index contributed by atoms with van der Waals surface area (Å²) in [5.74, 6) is 8.38. The van der Waals surface area contributed by atoms with Gasteiger partial charge in [-0.2, -0.15) is 5.10 Å². The zero-order valence-electron chi connectivity index (χ0n) is 20.9. The van der Waals surface area contributed by atoms with Crippen LogP contribution in [0, 0.1) is 36.5 Å². The molecule has 1 aromatic carbocycles. The molecule has 37 heavy (non-hydrogen) atoms. The van der Waals surface area contributed by atoms with Gasteiger partial charge in [0.05, 0.1) is 26.2 Å². The van der Waals surface area contributed by atoms with E-state index in [0.29, 0.717) is 39.2 Å². The van der Waals surface area contributed by atoms with Gasteiger partial charge in [0.25, 0.3) is 5.91 Å². The summed E-state index contributed by atoms with van der Waals surface area (Å²) in [5.41, 5.74) is 2.74. The molecule has 1 amide bonds. The zero-order valence-corrected chi connectivity index (χ0v) is 23.2. The number of aromatic amines is 1. The highest BCUT2D eigenvalue weighted by atomic mass is 35.5. The number of fused-ring (bicyclic) bond motifs is 1. The number of aromatic nitrogens is 2. The van der Waals surface area contributed by atoms with Gasteiger partial charge in [-0.1, -0.05) is 54.3 Å². The first-order valence-corrected chi connectivity index (χ1v) is 14.8. The summed E-state index contributed by atoms with van der Waals surface area (Å²) in [6.45, 7) is 3.65. The van der Waals surface area contributed by atoms with Crippen LogP contribution in [0.1, 0.15) is 65.9 Å². The Morgan fingerprint density at radius 1 is 1.08 bits per heavy atom. The van der Waals surface area contributed by atoms with Gasteiger partial charge < -0.3 is 0 Å². The lowest BCUT2D eigenvalue weighted by molar-refractivity contribution is 0.0901. The molecule has 2 unspecified atom stereocenters. The number of rotatable bonds is 4. The minimum absolute atomic E-state index is 0.179. The van der Waals surface area contributed by atoms with Gasteiger partial charge in [-0.3, -0.25) is 9.89 Å². The van der Waals surface area contributed by atoms with Crippen LogP contribution in [0.15, 0.2) is 30.3 Å². The lowest BCUT2D eigenvalue weighted by Crippen LogP contribution is -2.46. The fourth-order valence-corrected chi connectivity index (χ4v) is 7.55. The lowest BCUT2D eigenvalue weighted by atomic mass is 10.0. The van der Waals surface area contributed by atoms with Gasteiger partial charge in [-0.25, -0.2) is 10.0 Å². The standard InChI is InChI=1S/C29H30Cl2N4OS/c1-18-27(26-14-12-23(37-26)11-9-19-5-2-3-6-19)32-33-28(18)29(36)35(25-13-10-22(30)15-24(25)31)34-16-20-7-4-8-21(20)17-34/h10,12-15,19-21H,2-8,16-17H2,1H3,(H,32,33). The van der Waals surface area contributed by atoms with Crippen molar-refractivity contribution in [1.29, 1.82) is 0 Å². The normalized spacial score (nSPS) is 21.7. The van der Waals surface area contributed by atoms with Gasteiger partial charge in [-0.15, -0.1) is 11.3 Å². The van der Waals surface area contributed by atoms with Crippen molar-refractivity contribution in [2.24, 2.45) is 17.8 Å². The first kappa shape index (κ1) is 25.0. The van der Waals surface area contributed by atoms with E-state index in [1.165, 1.54) is 44.9 Å². The van der Waals surface area contributed by atoms with Crippen LogP contribution in [0.2, 0.25) is 10.0 Å². The number of H-pyrrole nitrogens is 1. The molecule has 0 bridgehead atoms. The van der Waals surface area contributed by atoms with Gasteiger partial charge >= 0.3 is 0 Å². The molecule has 3 heterocycles. The largest absolute Gasteiger partial charge is 0.293 e. The summed E-state index contributed by atoms with van der Waals surface area (Å²) >= 11 is 14.5. The number of anilines is 1. The number of hydrazine groups is 1. The number of nitrogens with zero attached hydrogens (tertiary/aromatic N) is 3. The fraction of sp³-hybridized carbons (Fsp3) is 0.448. The first-order valence-electron chi connectivity index (χ1n) is 13.2. The Labute approximate surface area is 232 Å². The molecule has 3 aromatic rings. The maximum atomic E-state index is 14.1. The number of carbonyl (C=O) groups is 1. The molecule has 0 spiro atoms. The van der Waals surface area contributed by atoms with Crippen molar-refractivity contribution in [1.82, 2.24) is 15.2 Å². The van der Waals surface area contributed by atoms with Crippen LogP contribution in [0.25, 0.3) is 10.6 Å². The molecule has 3 aliphatic rings. The van der Waals surface area contributed by atoms with Crippen molar-refractivity contribution >= 4 is 46.1 Å². The van der Waals surface area contributed by atoms with Gasteiger partial charge in [0.15, 0.2) is 5.69 Å². The molecule has 3 fully saturated rings. The van der Waals surface area contributed by atoms with Crippen LogP contribution in [0.4, 0.5) is 5.69 Å². The Bertz CT molecular complexity index is 1370. The number of benzene rings is 1. The second-order valence-electron chi connectivity index (χ2n) is 10.5. The topological polar surface area (TPSA) is 52.2 Å². The number of halogens is 2. The molecule has 8 heteroatoms. The van der Waals surface area contributed by atoms with E-state index in [2.05, 4.69) is 39.2 Å². The molecule has 1 N–H and O–H groups in total. The van der Waals surface area contributed by atoms with Crippen LogP contribution in [-0.2, 0) is 0 Å². The number of hydrogen-bond acceptors (Lipinski definition) is 4. The van der Waals surface area contributed by atoms with E-state index in [4.69, 9.17) is 23.2 Å². The van der Waals surface area contributed by atoms with Crippen molar-refractivity contribution in [3.05, 3.63) is 56.5 Å². The Morgan fingerprint density at radius 2 is 1.84 bits per heavy atom. The summed E-state index contributed by atoms with van der Waals surface area (Å²) in [4.78, 5) is 16.2. The summed E-state index contributed by atoms with van der Waals surface area (Å²) in [7, 11) is 0. The van der Waals surface area contributed by atoms with Crippen molar-refractivity contribution in [2.45, 2.75) is 51.9 Å². The van der Waals surface area contributed by atoms with Crippen molar-refractivity contribution in [3.63, 3.8) is 0 Å². The van der Waals surface area contributed by atoms with E-state index >= 15 is 0 Å². The predicted octanol–water partition coefficient (Wildman–Crippen LogP) is 7.59. The van der Waals surface area contributed by atoms with E-state index in [-0.39, 0.29) is 5.91 Å². The third-order valence-corrected chi connectivity index (χ3v) is 9.70. The average molecular weight is 554 g/mol. The predicted molar refractivity (Wildman–Crippen MR) is 151 cm³/mol. The van der Waals surface area contributed by atoms with Crippen molar-refractivity contribution < 1.29 is 4.79 Å². The molecule has 5 nitrogen and oxygen atoms in total. The molecule has 1 aliphatic heterocycles. The van der Waals surface area contributed by atoms with E-state index in [9.17, 15) is 4.79 Å². The quantitative estimate of drug-likeness (QED) is 0.339. The minimum atomic E-state index is -0.179. The maximum Gasteiger partial charge on any atom is 0.293 e. The SMILES string of the molecule is Cc1c(C(=O)N(c2ccc(Cl)cc2Cl)N2CC3CCCC3C2)n[nH]c1-c1ccc(C#CC2CCCC2)s1. The molecule has 6 rings (SSSR count). The van der Waals surface area contributed by atoms with E-state index in [1.807, 2.05) is 13.0 Å². The summed E-state index contributed by atoms with van der Waals surface area (Å²) in [6.07, 6.45) is 8.70. The number of amides is 1. The second-order valence-corrected chi connectivity index (χ2v) is 12.4. The highest BCUT2D eigenvalue weighted by molar-refractivity contribution is 7.16. The van der Waals surface area contributed by atoms with E-state index in [0.717, 1.165) is 34.1 Å². The molecule has 1 saturated heterocycles. The Hall–Kier alpha value is -2.30. The van der Waals surface area contributed by atoms with E-state index in [1.54, 1.807) is 28.5 Å². The van der Waals surface area contributed by atoms with Gasteiger partial charge in [0, 0.05) is 29.6 Å². The van der Waals surface area contributed by atoms with Crippen LogP contribution in [-0.4, -0.2) is 34.2 Å². The highest BCUT2D eigenvalue weighted by Crippen LogP contribution is 2.41. The third-order valence-electron chi connectivity index (χ3n) is 8.14. The molecule has 2 saturated carbocycles. The molecule has 2 atom stereocenters. The monoisotopic (exact) mass is 552 g/mol. The number of hydrogen-bond donors (Lipinski definition) is 1. The van der Waals surface area contributed by atoms with Crippen LogP contribution in [0.3, 0.4) is 0 Å². The Kier molecular flexibility index (Phi) is 7.07. The highest BCUT2D eigenvalue weighted by Gasteiger charge is 2.41. The first-order chi connectivity index (χ1) is 18.0. The molecular formula is C29H30Cl2N4OS. The molecular weight excluding hydrogens is 523 g/mol. The average Bonchev–Trinajstić information content (AvgIpc) is 3.68.